The van der Waals surface area contributed by atoms with Gasteiger partial charge in [0, 0.05) is 28.8 Å². The molecule has 10 heteroatoms. The fourth-order valence-corrected chi connectivity index (χ4v) is 4.81. The molecule has 35 heavy (non-hydrogen) atoms. The van der Waals surface area contributed by atoms with Crippen molar-refractivity contribution in [2.75, 3.05) is 4.90 Å². The summed E-state index contributed by atoms with van der Waals surface area (Å²) in [7, 11) is 0. The van der Waals surface area contributed by atoms with E-state index < -0.39 is 23.8 Å². The van der Waals surface area contributed by atoms with Gasteiger partial charge in [-0.3, -0.25) is 4.98 Å². The molecule has 0 saturated carbocycles. The maximum absolute atomic E-state index is 13.4. The molecule has 1 aliphatic rings. The molecule has 0 spiro atoms. The first-order valence-corrected chi connectivity index (χ1v) is 11.4. The molecule has 1 fully saturated rings. The van der Waals surface area contributed by atoms with Crippen LogP contribution in [0.5, 0.6) is 5.75 Å². The van der Waals surface area contributed by atoms with E-state index in [0.717, 1.165) is 12.1 Å². The van der Waals surface area contributed by atoms with E-state index in [0.29, 0.717) is 32.9 Å². The summed E-state index contributed by atoms with van der Waals surface area (Å²) in [4.78, 5) is 6.19. The number of aromatic nitrogens is 2. The first kappa shape index (κ1) is 23.2. The smallest absolute Gasteiger partial charge is 0.416 e. The summed E-state index contributed by atoms with van der Waals surface area (Å²) in [6, 6.07) is 17.7. The van der Waals surface area contributed by atoms with E-state index in [4.69, 9.17) is 23.8 Å². The highest BCUT2D eigenvalue weighted by molar-refractivity contribution is 7.80. The number of halogens is 4. The number of phenolic OH excluding ortho intramolecular Hbond substituents is 1. The van der Waals surface area contributed by atoms with Gasteiger partial charge in [0.15, 0.2) is 5.11 Å². The van der Waals surface area contributed by atoms with Crippen molar-refractivity contribution in [3.05, 3.63) is 107 Å². The predicted molar refractivity (Wildman–Crippen MR) is 132 cm³/mol. The van der Waals surface area contributed by atoms with Crippen LogP contribution in [0.4, 0.5) is 18.9 Å². The number of hydrogen-bond acceptors (Lipinski definition) is 3. The summed E-state index contributed by atoms with van der Waals surface area (Å²) in [6.45, 7) is 0. The van der Waals surface area contributed by atoms with Crippen molar-refractivity contribution >= 4 is 34.6 Å². The third-order valence-electron chi connectivity index (χ3n) is 5.83. The minimum atomic E-state index is -4.48. The van der Waals surface area contributed by atoms with Gasteiger partial charge in [-0.15, -0.1) is 0 Å². The zero-order valence-electron chi connectivity index (χ0n) is 17.9. The van der Waals surface area contributed by atoms with Crippen molar-refractivity contribution in [3.63, 3.8) is 0 Å². The Hall–Kier alpha value is -3.56. The Labute approximate surface area is 209 Å². The number of hydrogen-bond donors (Lipinski definition) is 2. The average molecular weight is 515 g/mol. The molecule has 2 unspecified atom stereocenters. The number of nitrogens with one attached hydrogen (secondary N) is 1. The van der Waals surface area contributed by atoms with Crippen molar-refractivity contribution in [1.82, 2.24) is 14.9 Å². The lowest BCUT2D eigenvalue weighted by Crippen LogP contribution is -2.30. The molecule has 178 valence electrons. The molecule has 2 aromatic heterocycles. The Balaban J connectivity index is 1.69. The van der Waals surface area contributed by atoms with Gasteiger partial charge in [0.2, 0.25) is 0 Å². The zero-order chi connectivity index (χ0) is 24.7. The van der Waals surface area contributed by atoms with E-state index in [1.165, 1.54) is 12.1 Å². The Bertz CT molecular complexity index is 1390. The number of rotatable bonds is 4. The monoisotopic (exact) mass is 514 g/mol. The van der Waals surface area contributed by atoms with Crippen LogP contribution in [0.1, 0.15) is 29.0 Å². The highest BCUT2D eigenvalue weighted by Gasteiger charge is 2.43. The van der Waals surface area contributed by atoms with Crippen molar-refractivity contribution in [1.29, 1.82) is 0 Å². The summed E-state index contributed by atoms with van der Waals surface area (Å²) in [5.41, 5.74) is 1.29. The molecule has 4 aromatic rings. The van der Waals surface area contributed by atoms with Crippen molar-refractivity contribution in [3.8, 4) is 11.4 Å². The molecule has 1 aliphatic heterocycles. The molecule has 0 aliphatic carbocycles. The number of thiocarbonyl (C=S) groups is 1. The zero-order valence-corrected chi connectivity index (χ0v) is 19.5. The second-order valence-corrected chi connectivity index (χ2v) is 8.80. The molecular formula is C25H18ClF3N4OS. The van der Waals surface area contributed by atoms with Crippen molar-refractivity contribution < 1.29 is 18.3 Å². The van der Waals surface area contributed by atoms with Gasteiger partial charge in [-0.2, -0.15) is 13.2 Å². The lowest BCUT2D eigenvalue weighted by molar-refractivity contribution is -0.137. The molecule has 2 N–H and O–H groups in total. The van der Waals surface area contributed by atoms with Gasteiger partial charge < -0.3 is 19.9 Å². The molecule has 1 saturated heterocycles. The maximum Gasteiger partial charge on any atom is 0.416 e. The molecular weight excluding hydrogens is 497 g/mol. The predicted octanol–water partition coefficient (Wildman–Crippen LogP) is 6.43. The molecule has 2 aromatic carbocycles. The van der Waals surface area contributed by atoms with Gasteiger partial charge in [-0.1, -0.05) is 23.7 Å². The largest absolute Gasteiger partial charge is 0.506 e. The third kappa shape index (κ3) is 4.33. The van der Waals surface area contributed by atoms with Gasteiger partial charge in [0.25, 0.3) is 0 Å². The Morgan fingerprint density at radius 2 is 1.83 bits per heavy atom. The summed E-state index contributed by atoms with van der Waals surface area (Å²) >= 11 is 11.9. The number of nitrogens with zero attached hydrogens (tertiary/aromatic N) is 3. The van der Waals surface area contributed by atoms with E-state index in [9.17, 15) is 18.3 Å². The molecule has 3 heterocycles. The van der Waals surface area contributed by atoms with Gasteiger partial charge >= 0.3 is 6.18 Å². The Morgan fingerprint density at radius 1 is 1.00 bits per heavy atom. The highest BCUT2D eigenvalue weighted by atomic mass is 35.5. The van der Waals surface area contributed by atoms with Gasteiger partial charge in [0.1, 0.15) is 11.8 Å². The van der Waals surface area contributed by atoms with Gasteiger partial charge in [-0.25, -0.2) is 0 Å². The number of pyridine rings is 1. The Morgan fingerprint density at radius 3 is 2.57 bits per heavy atom. The number of anilines is 1. The fourth-order valence-electron chi connectivity index (χ4n) is 4.31. The molecule has 0 amide bonds. The lowest BCUT2D eigenvalue weighted by atomic mass is 10.0. The molecule has 0 bridgehead atoms. The fraction of sp³-hybridized carbons (Fsp3) is 0.120. The van der Waals surface area contributed by atoms with E-state index >= 15 is 0 Å². The lowest BCUT2D eigenvalue weighted by Gasteiger charge is -2.29. The summed E-state index contributed by atoms with van der Waals surface area (Å²) < 4.78 is 41.9. The van der Waals surface area contributed by atoms with Crippen molar-refractivity contribution in [2.24, 2.45) is 0 Å². The number of phenols is 1. The van der Waals surface area contributed by atoms with Gasteiger partial charge in [0.05, 0.1) is 23.0 Å². The minimum Gasteiger partial charge on any atom is -0.506 e. The second-order valence-electron chi connectivity index (χ2n) is 7.98. The topological polar surface area (TPSA) is 53.3 Å². The van der Waals surface area contributed by atoms with Crippen LogP contribution in [0.2, 0.25) is 5.02 Å². The highest BCUT2D eigenvalue weighted by Crippen LogP contribution is 2.45. The molecule has 5 rings (SSSR count). The normalized spacial score (nSPS) is 18.1. The van der Waals surface area contributed by atoms with Crippen LogP contribution in [0.3, 0.4) is 0 Å². The maximum atomic E-state index is 13.4. The average Bonchev–Trinajstić information content (AvgIpc) is 3.45. The second kappa shape index (κ2) is 8.90. The van der Waals surface area contributed by atoms with E-state index in [-0.39, 0.29) is 5.75 Å². The molecule has 0 radical (unpaired) electrons. The number of alkyl halides is 3. The first-order chi connectivity index (χ1) is 16.7. The van der Waals surface area contributed by atoms with Crippen LogP contribution in [0, 0.1) is 0 Å². The van der Waals surface area contributed by atoms with E-state index in [1.807, 2.05) is 18.2 Å². The van der Waals surface area contributed by atoms with Crippen molar-refractivity contribution in [2.45, 2.75) is 18.3 Å². The SMILES string of the molecule is Oc1ccc(Cl)cc1N1C(=S)NC(c2ccccn2)C1c1cccn1-c1cccc(C(F)(F)F)c1. The quantitative estimate of drug-likeness (QED) is 0.307. The standard InChI is InChI=1S/C25H18ClF3N4OS/c26-16-9-10-21(34)20(14-16)33-23(22(31-24(33)35)18-7-1-2-11-30-18)19-8-4-12-32(19)17-6-3-5-15(13-17)25(27,28)29/h1-14,22-23,34H,(H,31,35). The van der Waals surface area contributed by atoms with Crippen LogP contribution < -0.4 is 10.2 Å². The number of benzene rings is 2. The first-order valence-electron chi connectivity index (χ1n) is 10.6. The van der Waals surface area contributed by atoms with Crippen LogP contribution in [0.25, 0.3) is 5.69 Å². The summed E-state index contributed by atoms with van der Waals surface area (Å²) in [5.74, 6) is -0.0394. The number of aromatic hydroxyl groups is 1. The van der Waals surface area contributed by atoms with Crippen LogP contribution in [0.15, 0.2) is 85.2 Å². The summed E-state index contributed by atoms with van der Waals surface area (Å²) in [5, 5.41) is 14.6. The van der Waals surface area contributed by atoms with Crippen LogP contribution in [-0.4, -0.2) is 19.8 Å². The van der Waals surface area contributed by atoms with Gasteiger partial charge in [-0.05, 0) is 72.9 Å². The van der Waals surface area contributed by atoms with Crippen LogP contribution >= 0.6 is 23.8 Å². The van der Waals surface area contributed by atoms with E-state index in [1.54, 1.807) is 52.2 Å². The molecule has 5 nitrogen and oxygen atoms in total. The molecule has 2 atom stereocenters. The van der Waals surface area contributed by atoms with Crippen LogP contribution in [-0.2, 0) is 6.18 Å². The Kier molecular flexibility index (Phi) is 5.90. The third-order valence-corrected chi connectivity index (χ3v) is 6.38. The van der Waals surface area contributed by atoms with E-state index in [2.05, 4.69) is 10.3 Å². The minimum absolute atomic E-state index is 0.0394. The summed E-state index contributed by atoms with van der Waals surface area (Å²) in [6.07, 6.45) is -1.13.